The number of rotatable bonds is 4. The number of anilines is 1. The summed E-state index contributed by atoms with van der Waals surface area (Å²) in [5.74, 6) is -0.0799. The normalized spacial score (nSPS) is 13.4. The number of benzene rings is 2. The monoisotopic (exact) mass is 459 g/mol. The number of hydrogen-bond acceptors (Lipinski definition) is 3. The van der Waals surface area contributed by atoms with Crippen LogP contribution < -0.4 is 10.2 Å². The zero-order chi connectivity index (χ0) is 24.5. The number of carbonyl (C=O) groups is 2. The number of aryl methyl sites for hydroxylation is 2. The molecule has 1 aliphatic heterocycles. The van der Waals surface area contributed by atoms with Crippen LogP contribution in [0.2, 0.25) is 0 Å². The zero-order valence-corrected chi connectivity index (χ0v) is 20.6. The predicted octanol–water partition coefficient (Wildman–Crippen LogP) is 4.44. The second-order valence-electron chi connectivity index (χ2n) is 9.94. The Bertz CT molecular complexity index is 1180. The Hall–Kier alpha value is -3.61. The van der Waals surface area contributed by atoms with Gasteiger partial charge in [0.15, 0.2) is 0 Å². The Morgan fingerprint density at radius 2 is 1.74 bits per heavy atom. The van der Waals surface area contributed by atoms with Crippen molar-refractivity contribution in [3.05, 3.63) is 82.7 Å². The van der Waals surface area contributed by atoms with E-state index < -0.39 is 0 Å². The van der Waals surface area contributed by atoms with Crippen LogP contribution in [0.4, 0.5) is 10.5 Å². The molecule has 34 heavy (non-hydrogen) atoms. The van der Waals surface area contributed by atoms with Crippen molar-refractivity contribution in [2.24, 2.45) is 7.05 Å². The molecule has 2 heterocycles. The van der Waals surface area contributed by atoms with E-state index in [9.17, 15) is 9.59 Å². The van der Waals surface area contributed by atoms with Crippen molar-refractivity contribution in [1.29, 1.82) is 0 Å². The summed E-state index contributed by atoms with van der Waals surface area (Å²) in [7, 11) is 1.93. The molecule has 0 saturated carbocycles. The molecule has 0 spiro atoms. The van der Waals surface area contributed by atoms with Crippen molar-refractivity contribution < 1.29 is 9.59 Å². The third-order valence-corrected chi connectivity index (χ3v) is 6.01. The van der Waals surface area contributed by atoms with E-state index in [-0.39, 0.29) is 17.5 Å². The van der Waals surface area contributed by atoms with Gasteiger partial charge in [-0.05, 0) is 52.0 Å². The molecule has 1 aliphatic rings. The third kappa shape index (κ3) is 5.14. The summed E-state index contributed by atoms with van der Waals surface area (Å²) in [6, 6.07) is 17.2. The largest absolute Gasteiger partial charge is 0.333 e. The summed E-state index contributed by atoms with van der Waals surface area (Å²) >= 11 is 0. The first-order chi connectivity index (χ1) is 16.1. The summed E-state index contributed by atoms with van der Waals surface area (Å²) in [4.78, 5) is 30.0. The van der Waals surface area contributed by atoms with Crippen molar-refractivity contribution in [3.63, 3.8) is 0 Å². The molecule has 1 aromatic heterocycles. The lowest BCUT2D eigenvalue weighted by atomic mass is 10.0. The van der Waals surface area contributed by atoms with E-state index in [1.807, 2.05) is 98.9 Å². The van der Waals surface area contributed by atoms with Crippen LogP contribution in [0, 0.1) is 6.92 Å². The first-order valence-electron chi connectivity index (χ1n) is 11.7. The maximum atomic E-state index is 13.6. The fourth-order valence-corrected chi connectivity index (χ4v) is 4.26. The standard InChI is InChI=1S/C27H33N5O2/c1-19-11-13-20(14-12-19)25(33)32(21-9-7-6-8-10-21)18-23-22-17-31(26(34)28-27(2,3)4)16-15-24(22)30(5)29-23/h6-14H,15-18H2,1-5H3,(H,28,34). The second-order valence-corrected chi connectivity index (χ2v) is 9.94. The van der Waals surface area contributed by atoms with Crippen LogP contribution in [0.5, 0.6) is 0 Å². The van der Waals surface area contributed by atoms with Crippen molar-refractivity contribution in [3.8, 4) is 0 Å². The van der Waals surface area contributed by atoms with Crippen LogP contribution in [-0.4, -0.2) is 38.7 Å². The molecular weight excluding hydrogens is 426 g/mol. The molecule has 0 fully saturated rings. The fraction of sp³-hybridized carbons (Fsp3) is 0.370. The lowest BCUT2D eigenvalue weighted by molar-refractivity contribution is 0.0984. The van der Waals surface area contributed by atoms with E-state index in [4.69, 9.17) is 5.10 Å². The van der Waals surface area contributed by atoms with Gasteiger partial charge < -0.3 is 15.1 Å². The summed E-state index contributed by atoms with van der Waals surface area (Å²) in [5, 5.41) is 7.83. The minimum atomic E-state index is -0.306. The van der Waals surface area contributed by atoms with Crippen LogP contribution in [0.25, 0.3) is 0 Å². The Morgan fingerprint density at radius 3 is 2.38 bits per heavy atom. The summed E-state index contributed by atoms with van der Waals surface area (Å²) < 4.78 is 1.89. The number of aromatic nitrogens is 2. The van der Waals surface area contributed by atoms with Crippen LogP contribution >= 0.6 is 0 Å². The summed E-state index contributed by atoms with van der Waals surface area (Å²) in [5.41, 5.74) is 5.20. The highest BCUT2D eigenvalue weighted by molar-refractivity contribution is 6.06. The summed E-state index contributed by atoms with van der Waals surface area (Å²) in [6.07, 6.45) is 0.730. The number of amides is 3. The van der Waals surface area contributed by atoms with E-state index in [0.717, 1.165) is 34.6 Å². The molecule has 178 valence electrons. The first-order valence-corrected chi connectivity index (χ1v) is 11.7. The maximum absolute atomic E-state index is 13.6. The third-order valence-electron chi connectivity index (χ3n) is 6.01. The van der Waals surface area contributed by atoms with Gasteiger partial charge in [-0.3, -0.25) is 9.48 Å². The van der Waals surface area contributed by atoms with Crippen LogP contribution in [-0.2, 0) is 26.6 Å². The van der Waals surface area contributed by atoms with Gasteiger partial charge in [-0.15, -0.1) is 0 Å². The minimum absolute atomic E-state index is 0.0799. The van der Waals surface area contributed by atoms with Gasteiger partial charge in [0.05, 0.1) is 18.8 Å². The Balaban J connectivity index is 1.65. The number of para-hydroxylation sites is 1. The van der Waals surface area contributed by atoms with Gasteiger partial charge in [-0.1, -0.05) is 35.9 Å². The average Bonchev–Trinajstić information content (AvgIpc) is 3.11. The minimum Gasteiger partial charge on any atom is -0.333 e. The molecule has 4 rings (SSSR count). The van der Waals surface area contributed by atoms with Gasteiger partial charge in [-0.2, -0.15) is 5.10 Å². The molecule has 7 nitrogen and oxygen atoms in total. The smallest absolute Gasteiger partial charge is 0.318 e. The average molecular weight is 460 g/mol. The maximum Gasteiger partial charge on any atom is 0.318 e. The van der Waals surface area contributed by atoms with E-state index in [1.165, 1.54) is 0 Å². The predicted molar refractivity (Wildman–Crippen MR) is 134 cm³/mol. The Morgan fingerprint density at radius 1 is 1.06 bits per heavy atom. The number of nitrogens with zero attached hydrogens (tertiary/aromatic N) is 4. The Labute approximate surface area is 201 Å². The van der Waals surface area contributed by atoms with Crippen LogP contribution in [0.3, 0.4) is 0 Å². The van der Waals surface area contributed by atoms with Gasteiger partial charge in [0.2, 0.25) is 0 Å². The number of hydrogen-bond donors (Lipinski definition) is 1. The quantitative estimate of drug-likeness (QED) is 0.627. The van der Waals surface area contributed by atoms with E-state index in [1.54, 1.807) is 4.90 Å². The number of nitrogens with one attached hydrogen (secondary N) is 1. The number of fused-ring (bicyclic) bond motifs is 1. The van der Waals surface area contributed by atoms with E-state index >= 15 is 0 Å². The van der Waals surface area contributed by atoms with Gasteiger partial charge in [0.25, 0.3) is 5.91 Å². The lowest BCUT2D eigenvalue weighted by Gasteiger charge is -2.31. The molecule has 0 unspecified atom stereocenters. The topological polar surface area (TPSA) is 70.5 Å². The Kier molecular flexibility index (Phi) is 6.46. The highest BCUT2D eigenvalue weighted by Crippen LogP contribution is 2.26. The summed E-state index contributed by atoms with van der Waals surface area (Å²) in [6.45, 7) is 9.37. The van der Waals surface area contributed by atoms with Crippen molar-refractivity contribution >= 4 is 17.6 Å². The fourth-order valence-electron chi connectivity index (χ4n) is 4.26. The first kappa shape index (κ1) is 23.5. The molecule has 3 amide bonds. The van der Waals surface area contributed by atoms with Crippen molar-refractivity contribution in [2.45, 2.75) is 52.7 Å². The SMILES string of the molecule is Cc1ccc(C(=O)N(Cc2nn(C)c3c2CN(C(=O)NC(C)(C)C)CC3)c2ccccc2)cc1. The highest BCUT2D eigenvalue weighted by atomic mass is 16.2. The second kappa shape index (κ2) is 9.33. The molecule has 0 saturated heterocycles. The van der Waals surface area contributed by atoms with Crippen LogP contribution in [0.15, 0.2) is 54.6 Å². The lowest BCUT2D eigenvalue weighted by Crippen LogP contribution is -2.49. The molecule has 7 heteroatoms. The number of urea groups is 1. The molecule has 0 aliphatic carbocycles. The van der Waals surface area contributed by atoms with Crippen LogP contribution in [0.1, 0.15) is 53.6 Å². The zero-order valence-electron chi connectivity index (χ0n) is 20.6. The molecule has 0 radical (unpaired) electrons. The molecule has 0 bridgehead atoms. The number of carbonyl (C=O) groups excluding carboxylic acids is 2. The molecule has 0 atom stereocenters. The van der Waals surface area contributed by atoms with E-state index in [0.29, 0.717) is 25.2 Å². The van der Waals surface area contributed by atoms with Crippen molar-refractivity contribution in [1.82, 2.24) is 20.0 Å². The molecule has 1 N–H and O–H groups in total. The van der Waals surface area contributed by atoms with Gasteiger partial charge in [0.1, 0.15) is 0 Å². The van der Waals surface area contributed by atoms with Crippen molar-refractivity contribution in [2.75, 3.05) is 11.4 Å². The highest BCUT2D eigenvalue weighted by Gasteiger charge is 2.30. The van der Waals surface area contributed by atoms with Gasteiger partial charge in [-0.25, -0.2) is 4.79 Å². The van der Waals surface area contributed by atoms with Gasteiger partial charge >= 0.3 is 6.03 Å². The molecular formula is C27H33N5O2. The van der Waals surface area contributed by atoms with Gasteiger partial charge in [0, 0.05) is 48.1 Å². The van der Waals surface area contributed by atoms with E-state index in [2.05, 4.69) is 5.32 Å². The molecule has 3 aromatic rings. The molecule has 2 aromatic carbocycles.